The third kappa shape index (κ3) is 3.71. The van der Waals surface area contributed by atoms with Crippen molar-refractivity contribution in [2.75, 3.05) is 5.75 Å². The van der Waals surface area contributed by atoms with Crippen LogP contribution in [0.4, 0.5) is 0 Å². The fourth-order valence-electron chi connectivity index (χ4n) is 3.36. The van der Waals surface area contributed by atoms with Crippen LogP contribution in [0.2, 0.25) is 0 Å². The molecular formula is C22H17N3O2S2. The summed E-state index contributed by atoms with van der Waals surface area (Å²) in [7, 11) is 0. The SMILES string of the molecule is O=C(CSc1ccc2ccccc2n1)N1N=C(c2ccco2)C[C@H]1c1cccs1. The Morgan fingerprint density at radius 1 is 1.14 bits per heavy atom. The lowest BCUT2D eigenvalue weighted by atomic mass is 10.1. The predicted octanol–water partition coefficient (Wildman–Crippen LogP) is 5.36. The number of furan rings is 1. The Morgan fingerprint density at radius 2 is 2.07 bits per heavy atom. The number of hydrazone groups is 1. The molecule has 0 unspecified atom stereocenters. The summed E-state index contributed by atoms with van der Waals surface area (Å²) in [4.78, 5) is 18.8. The number of para-hydroxylation sites is 1. The van der Waals surface area contributed by atoms with Crippen LogP contribution in [0.1, 0.15) is 23.1 Å². The lowest BCUT2D eigenvalue weighted by Gasteiger charge is -2.20. The molecule has 4 heterocycles. The summed E-state index contributed by atoms with van der Waals surface area (Å²) in [5.74, 6) is 0.956. The standard InChI is InChI=1S/C22H17N3O2S2/c26-22(14-29-21-10-9-15-5-1-2-6-16(15)23-21)25-18(20-8-4-12-28-20)13-17(24-25)19-7-3-11-27-19/h1-12,18H,13-14H2/t18-/m0/s1. The second kappa shape index (κ2) is 7.85. The summed E-state index contributed by atoms with van der Waals surface area (Å²) in [5.41, 5.74) is 1.73. The molecule has 5 nitrogen and oxygen atoms in total. The van der Waals surface area contributed by atoms with E-state index in [1.807, 2.05) is 66.0 Å². The van der Waals surface area contributed by atoms with Gasteiger partial charge >= 0.3 is 0 Å². The number of benzene rings is 1. The van der Waals surface area contributed by atoms with Crippen molar-refractivity contribution in [2.24, 2.45) is 5.10 Å². The third-order valence-corrected chi connectivity index (χ3v) is 6.65. The number of rotatable bonds is 5. The Balaban J connectivity index is 1.35. The third-order valence-electron chi connectivity index (χ3n) is 4.76. The van der Waals surface area contributed by atoms with E-state index in [0.29, 0.717) is 12.2 Å². The Hall–Kier alpha value is -2.90. The summed E-state index contributed by atoms with van der Waals surface area (Å²) in [6.45, 7) is 0. The first-order valence-corrected chi connectivity index (χ1v) is 11.1. The van der Waals surface area contributed by atoms with Crippen molar-refractivity contribution >= 4 is 45.6 Å². The molecule has 0 spiro atoms. The molecule has 0 saturated carbocycles. The summed E-state index contributed by atoms with van der Waals surface area (Å²) in [6, 6.07) is 19.6. The van der Waals surface area contributed by atoms with E-state index in [4.69, 9.17) is 4.42 Å². The highest BCUT2D eigenvalue weighted by Gasteiger charge is 2.34. The fraction of sp³-hybridized carbons (Fsp3) is 0.136. The Kier molecular flexibility index (Phi) is 4.91. The van der Waals surface area contributed by atoms with E-state index in [2.05, 4.69) is 10.1 Å². The van der Waals surface area contributed by atoms with E-state index >= 15 is 0 Å². The van der Waals surface area contributed by atoms with Crippen LogP contribution in [0.15, 0.2) is 86.9 Å². The molecule has 3 aromatic heterocycles. The van der Waals surface area contributed by atoms with Gasteiger partial charge in [-0.2, -0.15) is 5.10 Å². The average Bonchev–Trinajstić information content (AvgIpc) is 3.52. The summed E-state index contributed by atoms with van der Waals surface area (Å²) in [5, 5.41) is 10.2. The summed E-state index contributed by atoms with van der Waals surface area (Å²) >= 11 is 3.08. The number of carbonyl (C=O) groups is 1. The summed E-state index contributed by atoms with van der Waals surface area (Å²) in [6.07, 6.45) is 2.28. The van der Waals surface area contributed by atoms with Crippen molar-refractivity contribution in [2.45, 2.75) is 17.5 Å². The van der Waals surface area contributed by atoms with Crippen molar-refractivity contribution in [1.29, 1.82) is 0 Å². The number of fused-ring (bicyclic) bond motifs is 1. The van der Waals surface area contributed by atoms with Crippen LogP contribution in [0, 0.1) is 0 Å². The Labute approximate surface area is 176 Å². The van der Waals surface area contributed by atoms with Crippen molar-refractivity contribution in [1.82, 2.24) is 9.99 Å². The lowest BCUT2D eigenvalue weighted by Crippen LogP contribution is -2.28. The highest BCUT2D eigenvalue weighted by molar-refractivity contribution is 7.99. The molecule has 0 fully saturated rings. The number of hydrogen-bond acceptors (Lipinski definition) is 6. The van der Waals surface area contributed by atoms with Crippen molar-refractivity contribution in [3.05, 3.63) is 82.9 Å². The van der Waals surface area contributed by atoms with E-state index in [1.54, 1.807) is 22.6 Å². The smallest absolute Gasteiger partial charge is 0.253 e. The molecule has 0 aliphatic carbocycles. The quantitative estimate of drug-likeness (QED) is 0.409. The topological polar surface area (TPSA) is 58.7 Å². The van der Waals surface area contributed by atoms with Gasteiger partial charge in [-0.1, -0.05) is 42.1 Å². The second-order valence-corrected chi connectivity index (χ2v) is 8.60. The van der Waals surface area contributed by atoms with Crippen molar-refractivity contribution in [3.63, 3.8) is 0 Å². The molecule has 1 atom stereocenters. The molecule has 0 saturated heterocycles. The van der Waals surface area contributed by atoms with E-state index in [9.17, 15) is 4.79 Å². The molecule has 1 aliphatic heterocycles. The van der Waals surface area contributed by atoms with Crippen LogP contribution < -0.4 is 0 Å². The highest BCUT2D eigenvalue weighted by atomic mass is 32.2. The zero-order valence-electron chi connectivity index (χ0n) is 15.4. The number of hydrogen-bond donors (Lipinski definition) is 0. The lowest BCUT2D eigenvalue weighted by molar-refractivity contribution is -0.130. The maximum atomic E-state index is 13.0. The van der Waals surface area contributed by atoms with Crippen molar-refractivity contribution in [3.8, 4) is 0 Å². The van der Waals surface area contributed by atoms with E-state index < -0.39 is 0 Å². The van der Waals surface area contributed by atoms with Gasteiger partial charge in [0.05, 0.1) is 28.6 Å². The van der Waals surface area contributed by atoms with Gasteiger partial charge in [-0.15, -0.1) is 11.3 Å². The number of carbonyl (C=O) groups excluding carboxylic acids is 1. The summed E-state index contributed by atoms with van der Waals surface area (Å²) < 4.78 is 5.50. The predicted molar refractivity (Wildman–Crippen MR) is 116 cm³/mol. The molecular weight excluding hydrogens is 402 g/mol. The number of amides is 1. The molecule has 1 amide bonds. The van der Waals surface area contributed by atoms with Gasteiger partial charge in [0.2, 0.25) is 0 Å². The van der Waals surface area contributed by atoms with Crippen LogP contribution in [0.25, 0.3) is 10.9 Å². The molecule has 7 heteroatoms. The zero-order valence-corrected chi connectivity index (χ0v) is 17.0. The van der Waals surface area contributed by atoms with Crippen LogP contribution >= 0.6 is 23.1 Å². The van der Waals surface area contributed by atoms with Gasteiger partial charge in [0, 0.05) is 16.7 Å². The maximum Gasteiger partial charge on any atom is 0.253 e. The molecule has 29 heavy (non-hydrogen) atoms. The largest absolute Gasteiger partial charge is 0.463 e. The van der Waals surface area contributed by atoms with E-state index in [0.717, 1.165) is 26.5 Å². The fourth-order valence-corrected chi connectivity index (χ4v) is 4.91. The van der Waals surface area contributed by atoms with Gasteiger partial charge in [0.25, 0.3) is 5.91 Å². The molecule has 4 aromatic rings. The molecule has 144 valence electrons. The molecule has 1 aromatic carbocycles. The number of nitrogens with zero attached hydrogens (tertiary/aromatic N) is 3. The minimum atomic E-state index is -0.0900. The van der Waals surface area contributed by atoms with Crippen LogP contribution in [-0.2, 0) is 4.79 Å². The van der Waals surface area contributed by atoms with Gasteiger partial charge in [-0.25, -0.2) is 9.99 Å². The number of aromatic nitrogens is 1. The molecule has 0 radical (unpaired) electrons. The second-order valence-electron chi connectivity index (χ2n) is 6.63. The first-order chi connectivity index (χ1) is 14.3. The Bertz CT molecular complexity index is 1170. The number of thioether (sulfide) groups is 1. The van der Waals surface area contributed by atoms with Gasteiger partial charge < -0.3 is 4.42 Å². The molecule has 1 aliphatic rings. The van der Waals surface area contributed by atoms with Gasteiger partial charge in [-0.05, 0) is 35.7 Å². The van der Waals surface area contributed by atoms with Crippen LogP contribution in [0.3, 0.4) is 0 Å². The van der Waals surface area contributed by atoms with Crippen molar-refractivity contribution < 1.29 is 9.21 Å². The molecule has 0 bridgehead atoms. The molecule has 0 N–H and O–H groups in total. The molecule has 5 rings (SSSR count). The maximum absolute atomic E-state index is 13.0. The van der Waals surface area contributed by atoms with Gasteiger partial charge in [0.1, 0.15) is 11.5 Å². The number of pyridine rings is 1. The van der Waals surface area contributed by atoms with Gasteiger partial charge in [0.15, 0.2) is 0 Å². The monoisotopic (exact) mass is 419 g/mol. The normalized spacial score (nSPS) is 16.3. The Morgan fingerprint density at radius 3 is 2.90 bits per heavy atom. The highest BCUT2D eigenvalue weighted by Crippen LogP contribution is 2.36. The van der Waals surface area contributed by atoms with Crippen LogP contribution in [0.5, 0.6) is 0 Å². The zero-order chi connectivity index (χ0) is 19.6. The van der Waals surface area contributed by atoms with Crippen LogP contribution in [-0.4, -0.2) is 27.4 Å². The van der Waals surface area contributed by atoms with E-state index in [-0.39, 0.29) is 17.7 Å². The van der Waals surface area contributed by atoms with E-state index in [1.165, 1.54) is 11.8 Å². The minimum Gasteiger partial charge on any atom is -0.463 e. The first kappa shape index (κ1) is 18.1. The average molecular weight is 420 g/mol. The first-order valence-electron chi connectivity index (χ1n) is 9.23. The number of thiophene rings is 1. The minimum absolute atomic E-state index is 0.0371. The van der Waals surface area contributed by atoms with Gasteiger partial charge in [-0.3, -0.25) is 4.79 Å².